The number of carbonyl (C=O) groups excluding carboxylic acids is 1. The lowest BCUT2D eigenvalue weighted by atomic mass is 9.80. The summed E-state index contributed by atoms with van der Waals surface area (Å²) in [6.45, 7) is 3.86. The minimum absolute atomic E-state index is 0.167. The Morgan fingerprint density at radius 2 is 1.90 bits per heavy atom. The van der Waals surface area contributed by atoms with Gasteiger partial charge >= 0.3 is 0 Å². The number of benzene rings is 2. The molecule has 0 aliphatic heterocycles. The number of nitriles is 1. The van der Waals surface area contributed by atoms with Crippen molar-refractivity contribution >= 4 is 34.6 Å². The van der Waals surface area contributed by atoms with Gasteiger partial charge in [-0.3, -0.25) is 4.79 Å². The molecule has 0 atom stereocenters. The normalized spacial score (nSPS) is 11.5. The van der Waals surface area contributed by atoms with Crippen LogP contribution in [0, 0.1) is 22.6 Å². The van der Waals surface area contributed by atoms with Crippen LogP contribution in [-0.4, -0.2) is 10.9 Å². The number of hydrogen-bond donors (Lipinski definition) is 1. The van der Waals surface area contributed by atoms with E-state index in [1.165, 1.54) is 12.1 Å². The Morgan fingerprint density at radius 1 is 1.13 bits per heavy atom. The number of pyridine rings is 1. The fraction of sp³-hybridized carbons (Fsp3) is 0.240. The molecule has 30 heavy (non-hydrogen) atoms. The highest BCUT2D eigenvalue weighted by atomic mass is 19.1. The van der Waals surface area contributed by atoms with Crippen molar-refractivity contribution in [2.24, 2.45) is 5.41 Å². The first-order valence-electron chi connectivity index (χ1n) is 10.0. The molecule has 0 spiro atoms. The van der Waals surface area contributed by atoms with E-state index in [0.717, 1.165) is 10.9 Å². The molecule has 0 fully saturated rings. The highest BCUT2D eigenvalue weighted by molar-refractivity contribution is 5.92. The maximum Gasteiger partial charge on any atom is 0.225 e. The van der Waals surface area contributed by atoms with Crippen LogP contribution in [0.5, 0.6) is 0 Å². The molecule has 1 N–H and O–H groups in total. The molecule has 1 heterocycles. The van der Waals surface area contributed by atoms with Crippen molar-refractivity contribution in [1.29, 1.82) is 5.26 Å². The first-order valence-corrected chi connectivity index (χ1v) is 10.0. The first-order chi connectivity index (χ1) is 14.5. The monoisotopic (exact) mass is 401 g/mol. The lowest BCUT2D eigenvalue weighted by Crippen LogP contribution is -2.25. The minimum Gasteiger partial charge on any atom is -0.326 e. The van der Waals surface area contributed by atoms with Gasteiger partial charge in [-0.15, -0.1) is 0 Å². The second kappa shape index (κ2) is 9.32. The van der Waals surface area contributed by atoms with E-state index < -0.39 is 5.41 Å². The van der Waals surface area contributed by atoms with Crippen molar-refractivity contribution in [2.45, 2.75) is 33.1 Å². The number of halogens is 1. The molecular formula is C25H24FN3O. The van der Waals surface area contributed by atoms with Gasteiger partial charge in [0, 0.05) is 23.6 Å². The average Bonchev–Trinajstić information content (AvgIpc) is 2.76. The molecule has 152 valence electrons. The van der Waals surface area contributed by atoms with Crippen LogP contribution in [0.25, 0.3) is 23.1 Å². The van der Waals surface area contributed by atoms with Crippen LogP contribution in [0.15, 0.2) is 54.6 Å². The van der Waals surface area contributed by atoms with Crippen molar-refractivity contribution in [2.75, 3.05) is 5.32 Å². The van der Waals surface area contributed by atoms with Crippen molar-refractivity contribution in [3.8, 4) is 6.07 Å². The van der Waals surface area contributed by atoms with Gasteiger partial charge in [0.2, 0.25) is 5.91 Å². The molecule has 3 aromatic rings. The lowest BCUT2D eigenvalue weighted by Gasteiger charge is -2.22. The third-order valence-corrected chi connectivity index (χ3v) is 5.38. The summed E-state index contributed by atoms with van der Waals surface area (Å²) in [6, 6.07) is 18.1. The van der Waals surface area contributed by atoms with E-state index >= 15 is 0 Å². The van der Waals surface area contributed by atoms with Crippen molar-refractivity contribution in [3.05, 3.63) is 71.7 Å². The molecule has 1 aromatic heterocycles. The van der Waals surface area contributed by atoms with E-state index in [0.29, 0.717) is 29.7 Å². The summed E-state index contributed by atoms with van der Waals surface area (Å²) in [4.78, 5) is 16.9. The molecule has 0 radical (unpaired) electrons. The fourth-order valence-corrected chi connectivity index (χ4v) is 3.31. The molecule has 0 aliphatic carbocycles. The highest BCUT2D eigenvalue weighted by Crippen LogP contribution is 2.30. The SMILES string of the molecule is CCC(C#N)(CC)CC(=O)Nc1cccc(C=Cc2ccc3ccc(F)cc3n2)c1. The standard InChI is InChI=1S/C25H24FN3O/c1-3-25(4-2,17-27)16-24(30)29-22-7-5-6-18(14-22)8-12-21-13-10-19-9-11-20(26)15-23(19)28-21/h5-15H,3-4,16H2,1-2H3,(H,29,30). The lowest BCUT2D eigenvalue weighted by molar-refractivity contribution is -0.117. The minimum atomic E-state index is -0.622. The van der Waals surface area contributed by atoms with Crippen LogP contribution in [0.1, 0.15) is 44.4 Å². The van der Waals surface area contributed by atoms with Gasteiger partial charge in [-0.2, -0.15) is 5.26 Å². The fourth-order valence-electron chi connectivity index (χ4n) is 3.31. The maximum atomic E-state index is 13.4. The summed E-state index contributed by atoms with van der Waals surface area (Å²) >= 11 is 0. The predicted octanol–water partition coefficient (Wildman–Crippen LogP) is 6.20. The summed E-state index contributed by atoms with van der Waals surface area (Å²) < 4.78 is 13.4. The highest BCUT2D eigenvalue weighted by Gasteiger charge is 2.29. The number of anilines is 1. The van der Waals surface area contributed by atoms with Gasteiger partial charge in [0.1, 0.15) is 5.82 Å². The predicted molar refractivity (Wildman–Crippen MR) is 119 cm³/mol. The third kappa shape index (κ3) is 5.09. The number of rotatable bonds is 7. The van der Waals surface area contributed by atoms with E-state index in [4.69, 9.17) is 0 Å². The average molecular weight is 401 g/mol. The van der Waals surface area contributed by atoms with Gasteiger partial charge in [0.25, 0.3) is 0 Å². The zero-order valence-electron chi connectivity index (χ0n) is 17.2. The molecule has 0 saturated carbocycles. The molecule has 0 bridgehead atoms. The summed E-state index contributed by atoms with van der Waals surface area (Å²) in [5.74, 6) is -0.481. The van der Waals surface area contributed by atoms with E-state index in [1.54, 1.807) is 6.07 Å². The van der Waals surface area contributed by atoms with Crippen LogP contribution in [0.2, 0.25) is 0 Å². The van der Waals surface area contributed by atoms with Gasteiger partial charge in [0.15, 0.2) is 0 Å². The Kier molecular flexibility index (Phi) is 6.58. The topological polar surface area (TPSA) is 65.8 Å². The third-order valence-electron chi connectivity index (χ3n) is 5.38. The van der Waals surface area contributed by atoms with Crippen molar-refractivity contribution in [1.82, 2.24) is 4.98 Å². The van der Waals surface area contributed by atoms with Gasteiger partial charge in [0.05, 0.1) is 22.7 Å². The van der Waals surface area contributed by atoms with E-state index in [9.17, 15) is 14.4 Å². The molecular weight excluding hydrogens is 377 g/mol. The maximum absolute atomic E-state index is 13.4. The number of amides is 1. The molecule has 0 aliphatic rings. The number of hydrogen-bond acceptors (Lipinski definition) is 3. The van der Waals surface area contributed by atoms with E-state index in [2.05, 4.69) is 16.4 Å². The van der Waals surface area contributed by atoms with Gasteiger partial charge in [-0.25, -0.2) is 9.37 Å². The summed E-state index contributed by atoms with van der Waals surface area (Å²) in [5, 5.41) is 13.2. The van der Waals surface area contributed by atoms with E-state index in [-0.39, 0.29) is 18.1 Å². The summed E-state index contributed by atoms with van der Waals surface area (Å²) in [6.07, 6.45) is 5.19. The van der Waals surface area contributed by atoms with E-state index in [1.807, 2.05) is 62.4 Å². The first kappa shape index (κ1) is 21.2. The number of carbonyl (C=O) groups is 1. The molecule has 0 unspecified atom stereocenters. The van der Waals surface area contributed by atoms with Crippen molar-refractivity contribution in [3.63, 3.8) is 0 Å². The Bertz CT molecular complexity index is 1130. The molecule has 0 saturated heterocycles. The molecule has 3 rings (SSSR count). The zero-order valence-corrected chi connectivity index (χ0v) is 17.2. The Morgan fingerprint density at radius 3 is 2.63 bits per heavy atom. The summed E-state index contributed by atoms with van der Waals surface area (Å²) in [7, 11) is 0. The quantitative estimate of drug-likeness (QED) is 0.512. The van der Waals surface area contributed by atoms with Gasteiger partial charge in [-0.1, -0.05) is 38.1 Å². The Hall–Kier alpha value is -3.52. The smallest absolute Gasteiger partial charge is 0.225 e. The largest absolute Gasteiger partial charge is 0.326 e. The van der Waals surface area contributed by atoms with Crippen LogP contribution in [0.4, 0.5) is 10.1 Å². The zero-order chi connectivity index (χ0) is 21.6. The Labute approximate surface area is 176 Å². The molecule has 1 amide bonds. The number of fused-ring (bicyclic) bond motifs is 1. The second-order valence-corrected chi connectivity index (χ2v) is 7.36. The molecule has 5 heteroatoms. The molecule has 4 nitrogen and oxygen atoms in total. The van der Waals surface area contributed by atoms with Crippen LogP contribution < -0.4 is 5.32 Å². The second-order valence-electron chi connectivity index (χ2n) is 7.36. The number of aromatic nitrogens is 1. The number of nitrogens with one attached hydrogen (secondary N) is 1. The van der Waals surface area contributed by atoms with Crippen molar-refractivity contribution < 1.29 is 9.18 Å². The van der Waals surface area contributed by atoms with Crippen LogP contribution in [-0.2, 0) is 4.79 Å². The van der Waals surface area contributed by atoms with Gasteiger partial charge in [-0.05, 0) is 54.8 Å². The summed E-state index contributed by atoms with van der Waals surface area (Å²) in [5.41, 5.74) is 2.27. The van der Waals surface area contributed by atoms with Crippen LogP contribution >= 0.6 is 0 Å². The van der Waals surface area contributed by atoms with Gasteiger partial charge < -0.3 is 5.32 Å². The number of nitrogens with zero attached hydrogens (tertiary/aromatic N) is 2. The Balaban J connectivity index is 1.72. The molecule has 2 aromatic carbocycles. The van der Waals surface area contributed by atoms with Crippen LogP contribution in [0.3, 0.4) is 0 Å².